The third-order valence-electron chi connectivity index (χ3n) is 4.12. The zero-order valence-electron chi connectivity index (χ0n) is 13.6. The Labute approximate surface area is 141 Å². The number of nitrogens with one attached hydrogen (secondary N) is 1. The van der Waals surface area contributed by atoms with Gasteiger partial charge in [-0.25, -0.2) is 0 Å². The Balaban J connectivity index is 1.73. The van der Waals surface area contributed by atoms with Crippen LogP contribution < -0.4 is 15.0 Å². The van der Waals surface area contributed by atoms with Crippen molar-refractivity contribution in [3.63, 3.8) is 0 Å². The largest absolute Gasteiger partial charge is 0.495 e. The average Bonchev–Trinajstić information content (AvgIpc) is 2.63. The number of para-hydroxylation sites is 2. The Hall–Kier alpha value is -2.82. The number of hydrogen-bond donors (Lipinski definition) is 1. The molecule has 124 valence electrons. The van der Waals surface area contributed by atoms with Crippen LogP contribution in [0.5, 0.6) is 5.75 Å². The summed E-state index contributed by atoms with van der Waals surface area (Å²) in [6, 6.07) is 14.4. The fourth-order valence-electron chi connectivity index (χ4n) is 2.81. The number of nitrogens with zero attached hydrogens (tertiary/aromatic N) is 1. The van der Waals surface area contributed by atoms with E-state index in [4.69, 9.17) is 4.74 Å². The molecule has 0 bridgehead atoms. The van der Waals surface area contributed by atoms with E-state index in [-0.39, 0.29) is 11.8 Å². The van der Waals surface area contributed by atoms with Crippen molar-refractivity contribution < 1.29 is 14.3 Å². The maximum Gasteiger partial charge on any atom is 0.255 e. The Bertz CT molecular complexity index is 741. The lowest BCUT2D eigenvalue weighted by atomic mass is 10.1. The number of carbonyl (C=O) groups is 2. The summed E-state index contributed by atoms with van der Waals surface area (Å²) in [6.45, 7) is 0.742. The summed E-state index contributed by atoms with van der Waals surface area (Å²) in [5.41, 5.74) is 2.00. The van der Waals surface area contributed by atoms with Crippen molar-refractivity contribution in [1.82, 2.24) is 0 Å². The zero-order chi connectivity index (χ0) is 16.9. The van der Waals surface area contributed by atoms with Crippen molar-refractivity contribution in [1.29, 1.82) is 0 Å². The third-order valence-corrected chi connectivity index (χ3v) is 4.12. The molecule has 0 unspecified atom stereocenters. The van der Waals surface area contributed by atoms with Crippen LogP contribution in [0.2, 0.25) is 0 Å². The normalized spacial score (nSPS) is 14.4. The fourth-order valence-corrected chi connectivity index (χ4v) is 2.81. The van der Waals surface area contributed by atoms with Gasteiger partial charge < -0.3 is 15.0 Å². The van der Waals surface area contributed by atoms with Crippen molar-refractivity contribution in [3.05, 3.63) is 54.1 Å². The number of ether oxygens (including phenoxy) is 1. The van der Waals surface area contributed by atoms with Gasteiger partial charge in [-0.05, 0) is 49.2 Å². The van der Waals surface area contributed by atoms with Gasteiger partial charge in [0, 0.05) is 24.2 Å². The molecule has 2 amide bonds. The number of hydrogen-bond acceptors (Lipinski definition) is 3. The summed E-state index contributed by atoms with van der Waals surface area (Å²) in [7, 11) is 1.56. The van der Waals surface area contributed by atoms with Gasteiger partial charge in [-0.3, -0.25) is 9.59 Å². The number of benzene rings is 2. The minimum Gasteiger partial charge on any atom is -0.495 e. The molecular weight excluding hydrogens is 304 g/mol. The molecule has 5 nitrogen and oxygen atoms in total. The van der Waals surface area contributed by atoms with E-state index in [9.17, 15) is 9.59 Å². The molecule has 1 aliphatic heterocycles. The van der Waals surface area contributed by atoms with Crippen molar-refractivity contribution in [3.8, 4) is 5.75 Å². The number of rotatable bonds is 4. The van der Waals surface area contributed by atoms with E-state index in [0.717, 1.165) is 25.1 Å². The summed E-state index contributed by atoms with van der Waals surface area (Å²) in [6.07, 6.45) is 2.56. The minimum atomic E-state index is -0.212. The maximum absolute atomic E-state index is 12.4. The number of amides is 2. The summed E-state index contributed by atoms with van der Waals surface area (Å²) < 4.78 is 5.23. The van der Waals surface area contributed by atoms with Crippen molar-refractivity contribution in [2.75, 3.05) is 23.9 Å². The van der Waals surface area contributed by atoms with E-state index >= 15 is 0 Å². The number of piperidine rings is 1. The van der Waals surface area contributed by atoms with Crippen LogP contribution in [0.3, 0.4) is 0 Å². The van der Waals surface area contributed by atoms with Gasteiger partial charge in [-0.1, -0.05) is 12.1 Å². The lowest BCUT2D eigenvalue weighted by Gasteiger charge is -2.26. The molecule has 1 N–H and O–H groups in total. The molecule has 0 saturated carbocycles. The second-order valence-corrected chi connectivity index (χ2v) is 5.70. The van der Waals surface area contributed by atoms with Crippen molar-refractivity contribution in [2.45, 2.75) is 19.3 Å². The van der Waals surface area contributed by atoms with Crippen LogP contribution in [0.4, 0.5) is 11.4 Å². The highest BCUT2D eigenvalue weighted by atomic mass is 16.5. The second kappa shape index (κ2) is 7.17. The highest BCUT2D eigenvalue weighted by Gasteiger charge is 2.19. The molecule has 24 heavy (non-hydrogen) atoms. The Morgan fingerprint density at radius 2 is 1.83 bits per heavy atom. The monoisotopic (exact) mass is 324 g/mol. The number of anilines is 2. The van der Waals surface area contributed by atoms with Gasteiger partial charge in [-0.15, -0.1) is 0 Å². The standard InChI is InChI=1S/C19H20N2O3/c1-24-17-7-3-2-6-16(17)20-19(23)14-9-11-15(12-10-14)21-13-5-4-8-18(21)22/h2-3,6-7,9-12H,4-5,8,13H2,1H3,(H,20,23). The molecule has 0 atom stereocenters. The first-order valence-corrected chi connectivity index (χ1v) is 8.04. The van der Waals surface area contributed by atoms with Crippen LogP contribution in [-0.4, -0.2) is 25.5 Å². The van der Waals surface area contributed by atoms with Gasteiger partial charge in [0.05, 0.1) is 12.8 Å². The van der Waals surface area contributed by atoms with Gasteiger partial charge in [0.2, 0.25) is 5.91 Å². The molecule has 1 fully saturated rings. The molecule has 0 spiro atoms. The van der Waals surface area contributed by atoms with Crippen LogP contribution >= 0.6 is 0 Å². The topological polar surface area (TPSA) is 58.6 Å². The quantitative estimate of drug-likeness (QED) is 0.937. The minimum absolute atomic E-state index is 0.146. The average molecular weight is 324 g/mol. The third kappa shape index (κ3) is 3.40. The molecule has 2 aromatic rings. The van der Waals surface area contributed by atoms with E-state index in [1.54, 1.807) is 36.3 Å². The van der Waals surface area contributed by atoms with Crippen LogP contribution in [0.15, 0.2) is 48.5 Å². The Morgan fingerprint density at radius 1 is 1.08 bits per heavy atom. The predicted octanol–water partition coefficient (Wildman–Crippen LogP) is 3.46. The van der Waals surface area contributed by atoms with Crippen LogP contribution in [0.25, 0.3) is 0 Å². The smallest absolute Gasteiger partial charge is 0.255 e. The molecule has 3 rings (SSSR count). The lowest BCUT2D eigenvalue weighted by molar-refractivity contribution is -0.119. The van der Waals surface area contributed by atoms with E-state index in [1.165, 1.54) is 0 Å². The Morgan fingerprint density at radius 3 is 2.54 bits per heavy atom. The highest BCUT2D eigenvalue weighted by molar-refractivity contribution is 6.05. The molecule has 0 radical (unpaired) electrons. The van der Waals surface area contributed by atoms with Gasteiger partial charge in [0.15, 0.2) is 0 Å². The molecule has 1 saturated heterocycles. The lowest BCUT2D eigenvalue weighted by Crippen LogP contribution is -2.35. The van der Waals surface area contributed by atoms with Crippen molar-refractivity contribution in [2.24, 2.45) is 0 Å². The zero-order valence-corrected chi connectivity index (χ0v) is 13.6. The summed E-state index contributed by atoms with van der Waals surface area (Å²) in [4.78, 5) is 26.1. The van der Waals surface area contributed by atoms with E-state index in [2.05, 4.69) is 5.32 Å². The van der Waals surface area contributed by atoms with Gasteiger partial charge in [0.25, 0.3) is 5.91 Å². The SMILES string of the molecule is COc1ccccc1NC(=O)c1ccc(N2CCCCC2=O)cc1. The molecule has 0 aromatic heterocycles. The number of methoxy groups -OCH3 is 1. The van der Waals surface area contributed by atoms with Crippen molar-refractivity contribution >= 4 is 23.2 Å². The summed E-state index contributed by atoms with van der Waals surface area (Å²) in [5, 5.41) is 2.84. The van der Waals surface area contributed by atoms with Crippen LogP contribution in [0.1, 0.15) is 29.6 Å². The maximum atomic E-state index is 12.4. The van der Waals surface area contributed by atoms with E-state index < -0.39 is 0 Å². The molecule has 1 aliphatic rings. The first-order chi connectivity index (χ1) is 11.7. The predicted molar refractivity (Wildman–Crippen MR) is 93.6 cm³/mol. The number of carbonyl (C=O) groups excluding carboxylic acids is 2. The van der Waals surface area contributed by atoms with Crippen LogP contribution in [-0.2, 0) is 4.79 Å². The molecule has 1 heterocycles. The van der Waals surface area contributed by atoms with Gasteiger partial charge in [-0.2, -0.15) is 0 Å². The summed E-state index contributed by atoms with van der Waals surface area (Å²) >= 11 is 0. The molecule has 5 heteroatoms. The molecule has 0 aliphatic carbocycles. The van der Waals surface area contributed by atoms with E-state index in [1.807, 2.05) is 24.3 Å². The Kier molecular flexibility index (Phi) is 4.79. The fraction of sp³-hybridized carbons (Fsp3) is 0.263. The van der Waals surface area contributed by atoms with Crippen LogP contribution in [0, 0.1) is 0 Å². The molecular formula is C19H20N2O3. The first-order valence-electron chi connectivity index (χ1n) is 8.04. The molecule has 2 aromatic carbocycles. The van der Waals surface area contributed by atoms with Gasteiger partial charge in [0.1, 0.15) is 5.75 Å². The second-order valence-electron chi connectivity index (χ2n) is 5.70. The highest BCUT2D eigenvalue weighted by Crippen LogP contribution is 2.25. The van der Waals surface area contributed by atoms with E-state index in [0.29, 0.717) is 23.4 Å². The first kappa shape index (κ1) is 16.1. The van der Waals surface area contributed by atoms with Gasteiger partial charge >= 0.3 is 0 Å². The summed E-state index contributed by atoms with van der Waals surface area (Å²) in [5.74, 6) is 0.546.